The van der Waals surface area contributed by atoms with E-state index >= 15 is 0 Å². The van der Waals surface area contributed by atoms with Crippen molar-refractivity contribution in [1.82, 2.24) is 19.7 Å². The van der Waals surface area contributed by atoms with Gasteiger partial charge in [0.15, 0.2) is 5.89 Å². The van der Waals surface area contributed by atoms with Gasteiger partial charge in [0.2, 0.25) is 16.0 Å². The Labute approximate surface area is 158 Å². The van der Waals surface area contributed by atoms with Crippen LogP contribution in [0.15, 0.2) is 45.9 Å². The number of hydrogen-bond acceptors (Lipinski definition) is 7. The summed E-state index contributed by atoms with van der Waals surface area (Å²) < 4.78 is 32.9. The van der Waals surface area contributed by atoms with Gasteiger partial charge in [0.25, 0.3) is 0 Å². The second-order valence-electron chi connectivity index (χ2n) is 6.30. The zero-order chi connectivity index (χ0) is 19.6. The zero-order valence-electron chi connectivity index (χ0n) is 15.6. The Kier molecular flexibility index (Phi) is 5.24. The maximum absolute atomic E-state index is 12.6. The van der Waals surface area contributed by atoms with Crippen LogP contribution < -0.4 is 9.62 Å². The number of anilines is 1. The standard InChI is InChI=1S/C18H21N5O3S/c1-12-9-15(22-18(20-12)23(3)4)10-19-27(24,25)16-7-5-14(6-8-16)17-11-26-13(2)21-17/h5-9,11,19H,10H2,1-4H3. The number of nitrogens with one attached hydrogen (secondary N) is 1. The zero-order valence-corrected chi connectivity index (χ0v) is 16.4. The van der Waals surface area contributed by atoms with Gasteiger partial charge >= 0.3 is 0 Å². The normalized spacial score (nSPS) is 11.6. The third kappa shape index (κ3) is 4.50. The molecule has 0 bridgehead atoms. The fourth-order valence-corrected chi connectivity index (χ4v) is 3.46. The average Bonchev–Trinajstić information content (AvgIpc) is 3.06. The number of aryl methyl sites for hydroxylation is 2. The highest BCUT2D eigenvalue weighted by Crippen LogP contribution is 2.21. The summed E-state index contributed by atoms with van der Waals surface area (Å²) in [5, 5.41) is 0. The Bertz CT molecular complexity index is 1040. The summed E-state index contributed by atoms with van der Waals surface area (Å²) in [5.74, 6) is 1.09. The van der Waals surface area contributed by atoms with Gasteiger partial charge in [-0.1, -0.05) is 12.1 Å². The summed E-state index contributed by atoms with van der Waals surface area (Å²) in [5.41, 5.74) is 2.82. The lowest BCUT2D eigenvalue weighted by molar-refractivity contribution is 0.521. The van der Waals surface area contributed by atoms with Crippen molar-refractivity contribution in [3.8, 4) is 11.3 Å². The van der Waals surface area contributed by atoms with Gasteiger partial charge in [-0.2, -0.15) is 0 Å². The van der Waals surface area contributed by atoms with E-state index in [-0.39, 0.29) is 11.4 Å². The average molecular weight is 387 g/mol. The van der Waals surface area contributed by atoms with Crippen molar-refractivity contribution in [1.29, 1.82) is 0 Å². The van der Waals surface area contributed by atoms with Gasteiger partial charge in [-0.05, 0) is 25.1 Å². The van der Waals surface area contributed by atoms with Gasteiger partial charge in [-0.3, -0.25) is 0 Å². The van der Waals surface area contributed by atoms with E-state index in [1.807, 2.05) is 21.0 Å². The molecule has 3 rings (SSSR count). The van der Waals surface area contributed by atoms with Crippen LogP contribution in [0.2, 0.25) is 0 Å². The largest absolute Gasteiger partial charge is 0.449 e. The number of nitrogens with zero attached hydrogens (tertiary/aromatic N) is 4. The van der Waals surface area contributed by atoms with Gasteiger partial charge in [0.1, 0.15) is 12.0 Å². The van der Waals surface area contributed by atoms with Gasteiger partial charge in [0.05, 0.1) is 17.1 Å². The molecule has 0 fully saturated rings. The van der Waals surface area contributed by atoms with E-state index in [1.165, 1.54) is 18.4 Å². The Hall–Kier alpha value is -2.78. The molecule has 9 heteroatoms. The smallest absolute Gasteiger partial charge is 0.240 e. The van der Waals surface area contributed by atoms with E-state index in [2.05, 4.69) is 19.7 Å². The maximum Gasteiger partial charge on any atom is 0.240 e. The third-order valence-electron chi connectivity index (χ3n) is 3.82. The lowest BCUT2D eigenvalue weighted by Gasteiger charge is -2.13. The lowest BCUT2D eigenvalue weighted by Crippen LogP contribution is -2.24. The van der Waals surface area contributed by atoms with Crippen LogP contribution in [0.4, 0.5) is 5.95 Å². The van der Waals surface area contributed by atoms with Crippen LogP contribution in [0.3, 0.4) is 0 Å². The molecule has 0 saturated heterocycles. The van der Waals surface area contributed by atoms with Crippen molar-refractivity contribution in [2.24, 2.45) is 0 Å². The maximum atomic E-state index is 12.6. The molecule has 0 aliphatic rings. The van der Waals surface area contributed by atoms with Gasteiger partial charge < -0.3 is 9.32 Å². The van der Waals surface area contributed by atoms with Gasteiger partial charge in [-0.15, -0.1) is 0 Å². The highest BCUT2D eigenvalue weighted by molar-refractivity contribution is 7.89. The summed E-state index contributed by atoms with van der Waals surface area (Å²) in [6, 6.07) is 8.23. The Balaban J connectivity index is 1.75. The number of benzene rings is 1. The number of oxazole rings is 1. The summed E-state index contributed by atoms with van der Waals surface area (Å²) in [6.45, 7) is 3.68. The molecule has 0 saturated carbocycles. The molecule has 0 spiro atoms. The molecule has 2 aromatic heterocycles. The molecule has 0 unspecified atom stereocenters. The van der Waals surface area contributed by atoms with E-state index in [9.17, 15) is 8.42 Å². The minimum atomic E-state index is -3.67. The predicted octanol–water partition coefficient (Wildman–Crippen LogP) is 2.29. The third-order valence-corrected chi connectivity index (χ3v) is 5.24. The van der Waals surface area contributed by atoms with Crippen LogP contribution in [0.25, 0.3) is 11.3 Å². The SMILES string of the molecule is Cc1cc(CNS(=O)(=O)c2ccc(-c3coc(C)n3)cc2)nc(N(C)C)n1. The molecule has 27 heavy (non-hydrogen) atoms. The first-order valence-corrected chi connectivity index (χ1v) is 9.77. The molecule has 2 heterocycles. The first-order chi connectivity index (χ1) is 12.7. The summed E-state index contributed by atoms with van der Waals surface area (Å²) in [7, 11) is 0.00193. The summed E-state index contributed by atoms with van der Waals surface area (Å²) >= 11 is 0. The second kappa shape index (κ2) is 7.45. The molecule has 0 aliphatic carbocycles. The summed E-state index contributed by atoms with van der Waals surface area (Å²) in [4.78, 5) is 14.8. The molecule has 0 atom stereocenters. The molecule has 3 aromatic rings. The van der Waals surface area contributed by atoms with Crippen molar-refractivity contribution >= 4 is 16.0 Å². The van der Waals surface area contributed by atoms with Crippen LogP contribution in [0, 0.1) is 13.8 Å². The first kappa shape index (κ1) is 19.0. The van der Waals surface area contributed by atoms with E-state index in [1.54, 1.807) is 30.0 Å². The summed E-state index contributed by atoms with van der Waals surface area (Å²) in [6.07, 6.45) is 1.54. The Morgan fingerprint density at radius 2 is 1.78 bits per heavy atom. The molecule has 142 valence electrons. The van der Waals surface area contributed by atoms with Crippen molar-refractivity contribution in [3.63, 3.8) is 0 Å². The number of rotatable bonds is 6. The van der Waals surface area contributed by atoms with Crippen molar-refractivity contribution < 1.29 is 12.8 Å². The molecule has 0 radical (unpaired) electrons. The minimum absolute atomic E-state index is 0.0801. The molecule has 0 aliphatic heterocycles. The van der Waals surface area contributed by atoms with Gasteiger partial charge in [0, 0.05) is 32.3 Å². The van der Waals surface area contributed by atoms with Crippen LogP contribution in [0.1, 0.15) is 17.3 Å². The highest BCUT2D eigenvalue weighted by Gasteiger charge is 2.15. The van der Waals surface area contributed by atoms with E-state index in [0.717, 1.165) is 11.3 Å². The number of aromatic nitrogens is 3. The number of hydrogen-bond donors (Lipinski definition) is 1. The van der Waals surface area contributed by atoms with Crippen molar-refractivity contribution in [2.45, 2.75) is 25.3 Å². The predicted molar refractivity (Wildman–Crippen MR) is 102 cm³/mol. The van der Waals surface area contributed by atoms with E-state index in [4.69, 9.17) is 4.42 Å². The molecule has 8 nitrogen and oxygen atoms in total. The van der Waals surface area contributed by atoms with Crippen molar-refractivity contribution in [3.05, 3.63) is 53.9 Å². The monoisotopic (exact) mass is 387 g/mol. The fraction of sp³-hybridized carbons (Fsp3) is 0.278. The van der Waals surface area contributed by atoms with E-state index in [0.29, 0.717) is 23.2 Å². The molecule has 1 aromatic carbocycles. The topological polar surface area (TPSA) is 101 Å². The van der Waals surface area contributed by atoms with Crippen LogP contribution in [-0.4, -0.2) is 37.5 Å². The quantitative estimate of drug-likeness (QED) is 0.692. The van der Waals surface area contributed by atoms with E-state index < -0.39 is 10.0 Å². The molecular weight excluding hydrogens is 366 g/mol. The Morgan fingerprint density at radius 1 is 1.07 bits per heavy atom. The lowest BCUT2D eigenvalue weighted by atomic mass is 10.2. The fourth-order valence-electron chi connectivity index (χ4n) is 2.46. The molecule has 1 N–H and O–H groups in total. The number of sulfonamides is 1. The molecule has 0 amide bonds. The first-order valence-electron chi connectivity index (χ1n) is 8.29. The van der Waals surface area contributed by atoms with Crippen LogP contribution in [0.5, 0.6) is 0 Å². The van der Waals surface area contributed by atoms with Crippen LogP contribution >= 0.6 is 0 Å². The highest BCUT2D eigenvalue weighted by atomic mass is 32.2. The Morgan fingerprint density at radius 3 is 2.37 bits per heavy atom. The van der Waals surface area contributed by atoms with Crippen LogP contribution in [-0.2, 0) is 16.6 Å². The second-order valence-corrected chi connectivity index (χ2v) is 8.06. The van der Waals surface area contributed by atoms with Crippen molar-refractivity contribution in [2.75, 3.05) is 19.0 Å². The van der Waals surface area contributed by atoms with Gasteiger partial charge in [-0.25, -0.2) is 28.1 Å². The minimum Gasteiger partial charge on any atom is -0.449 e. The molecular formula is C18H21N5O3S.